The van der Waals surface area contributed by atoms with Crippen molar-refractivity contribution in [3.05, 3.63) is 11.9 Å². The number of nitrogens with zero attached hydrogens (tertiary/aromatic N) is 3. The van der Waals surface area contributed by atoms with Gasteiger partial charge < -0.3 is 5.32 Å². The standard InChI is InChI=1S/C11H18N4O/c1-3-7-15-9(8-13-14-15)10(16)11(2)5-4-6-12-11/h8,12H,3-7H2,1-2H3. The highest BCUT2D eigenvalue weighted by molar-refractivity contribution is 6.01. The van der Waals surface area contributed by atoms with Crippen LogP contribution in [0.3, 0.4) is 0 Å². The fourth-order valence-electron chi connectivity index (χ4n) is 2.18. The Morgan fingerprint density at radius 1 is 1.69 bits per heavy atom. The van der Waals surface area contributed by atoms with Crippen molar-refractivity contribution in [2.75, 3.05) is 6.54 Å². The molecule has 0 bridgehead atoms. The molecule has 1 aromatic rings. The normalized spacial score (nSPS) is 24.9. The summed E-state index contributed by atoms with van der Waals surface area (Å²) in [6.45, 7) is 5.69. The number of carbonyl (C=O) groups is 1. The van der Waals surface area contributed by atoms with Crippen LogP contribution in [0.4, 0.5) is 0 Å². The Morgan fingerprint density at radius 3 is 3.12 bits per heavy atom. The fourth-order valence-corrected chi connectivity index (χ4v) is 2.18. The lowest BCUT2D eigenvalue weighted by Gasteiger charge is -2.22. The summed E-state index contributed by atoms with van der Waals surface area (Å²) in [4.78, 5) is 12.4. The molecule has 1 unspecified atom stereocenters. The summed E-state index contributed by atoms with van der Waals surface area (Å²) >= 11 is 0. The maximum Gasteiger partial charge on any atom is 0.202 e. The molecule has 2 heterocycles. The Kier molecular flexibility index (Phi) is 3.05. The van der Waals surface area contributed by atoms with Crippen LogP contribution in [0.15, 0.2) is 6.20 Å². The number of carbonyl (C=O) groups excluding carboxylic acids is 1. The van der Waals surface area contributed by atoms with Gasteiger partial charge in [0.05, 0.1) is 11.7 Å². The highest BCUT2D eigenvalue weighted by atomic mass is 16.1. The number of ketones is 1. The summed E-state index contributed by atoms with van der Waals surface area (Å²) in [5, 5.41) is 11.0. The van der Waals surface area contributed by atoms with Crippen molar-refractivity contribution in [1.29, 1.82) is 0 Å². The minimum Gasteiger partial charge on any atom is -0.305 e. The highest BCUT2D eigenvalue weighted by Crippen LogP contribution is 2.23. The second-order valence-corrected chi connectivity index (χ2v) is 4.53. The van der Waals surface area contributed by atoms with Crippen molar-refractivity contribution >= 4 is 5.78 Å². The molecule has 1 fully saturated rings. The third-order valence-corrected chi connectivity index (χ3v) is 3.16. The van der Waals surface area contributed by atoms with E-state index in [1.165, 1.54) is 0 Å². The summed E-state index contributed by atoms with van der Waals surface area (Å²) in [5.74, 6) is 0.114. The van der Waals surface area contributed by atoms with Crippen molar-refractivity contribution in [2.45, 2.75) is 45.2 Å². The molecule has 1 N–H and O–H groups in total. The second kappa shape index (κ2) is 4.33. The van der Waals surface area contributed by atoms with Crippen molar-refractivity contribution < 1.29 is 4.79 Å². The van der Waals surface area contributed by atoms with E-state index < -0.39 is 5.54 Å². The Balaban J connectivity index is 2.23. The van der Waals surface area contributed by atoms with Crippen LogP contribution in [0, 0.1) is 0 Å². The van der Waals surface area contributed by atoms with Gasteiger partial charge in [-0.3, -0.25) is 4.79 Å². The number of nitrogens with one attached hydrogen (secondary N) is 1. The average Bonchev–Trinajstić information content (AvgIpc) is 2.88. The fraction of sp³-hybridized carbons (Fsp3) is 0.727. The van der Waals surface area contributed by atoms with Gasteiger partial charge >= 0.3 is 0 Å². The average molecular weight is 222 g/mol. The van der Waals surface area contributed by atoms with Crippen LogP contribution in [0.2, 0.25) is 0 Å². The van der Waals surface area contributed by atoms with E-state index in [4.69, 9.17) is 0 Å². The first kappa shape index (κ1) is 11.3. The van der Waals surface area contributed by atoms with Gasteiger partial charge in [-0.05, 0) is 32.7 Å². The Bertz CT molecular complexity index is 379. The van der Waals surface area contributed by atoms with Crippen LogP contribution in [0.1, 0.15) is 43.6 Å². The maximum atomic E-state index is 12.4. The van der Waals surface area contributed by atoms with Crippen LogP contribution < -0.4 is 5.32 Å². The molecule has 0 amide bonds. The Labute approximate surface area is 95.2 Å². The minimum atomic E-state index is -0.423. The van der Waals surface area contributed by atoms with E-state index in [0.29, 0.717) is 5.69 Å². The first-order valence-corrected chi connectivity index (χ1v) is 5.86. The molecule has 0 saturated carbocycles. The number of hydrogen-bond acceptors (Lipinski definition) is 4. The molecule has 0 spiro atoms. The lowest BCUT2D eigenvalue weighted by molar-refractivity contribution is 0.0872. The van der Waals surface area contributed by atoms with Crippen molar-refractivity contribution in [1.82, 2.24) is 20.3 Å². The van der Waals surface area contributed by atoms with E-state index in [1.54, 1.807) is 10.9 Å². The second-order valence-electron chi connectivity index (χ2n) is 4.53. The zero-order valence-corrected chi connectivity index (χ0v) is 9.86. The third-order valence-electron chi connectivity index (χ3n) is 3.16. The molecule has 1 atom stereocenters. The van der Waals surface area contributed by atoms with E-state index in [-0.39, 0.29) is 5.78 Å². The summed E-state index contributed by atoms with van der Waals surface area (Å²) < 4.78 is 1.70. The summed E-state index contributed by atoms with van der Waals surface area (Å²) in [7, 11) is 0. The molecule has 0 radical (unpaired) electrons. The Morgan fingerprint density at radius 2 is 2.50 bits per heavy atom. The van der Waals surface area contributed by atoms with Gasteiger partial charge in [0.25, 0.3) is 0 Å². The number of rotatable bonds is 4. The predicted octanol–water partition coefficient (Wildman–Crippen LogP) is 1.01. The van der Waals surface area contributed by atoms with Crippen molar-refractivity contribution in [3.63, 3.8) is 0 Å². The number of aromatic nitrogens is 3. The molecule has 1 aliphatic rings. The van der Waals surface area contributed by atoms with Gasteiger partial charge in [-0.2, -0.15) is 0 Å². The molecule has 1 saturated heterocycles. The lowest BCUT2D eigenvalue weighted by atomic mass is 9.93. The van der Waals surface area contributed by atoms with Crippen molar-refractivity contribution in [3.8, 4) is 0 Å². The van der Waals surface area contributed by atoms with Gasteiger partial charge in [0.2, 0.25) is 5.78 Å². The van der Waals surface area contributed by atoms with Gasteiger partial charge in [0.1, 0.15) is 5.69 Å². The first-order valence-electron chi connectivity index (χ1n) is 5.86. The van der Waals surface area contributed by atoms with Gasteiger partial charge in [0.15, 0.2) is 0 Å². The predicted molar refractivity (Wildman–Crippen MR) is 60.3 cm³/mol. The van der Waals surface area contributed by atoms with Crippen LogP contribution in [-0.4, -0.2) is 32.9 Å². The van der Waals surface area contributed by atoms with Crippen molar-refractivity contribution in [2.24, 2.45) is 0 Å². The largest absolute Gasteiger partial charge is 0.305 e. The van der Waals surface area contributed by atoms with E-state index in [2.05, 4.69) is 22.6 Å². The molecule has 5 heteroatoms. The molecule has 1 aromatic heterocycles. The highest BCUT2D eigenvalue weighted by Gasteiger charge is 2.38. The molecule has 5 nitrogen and oxygen atoms in total. The van der Waals surface area contributed by atoms with Crippen LogP contribution >= 0.6 is 0 Å². The molecular formula is C11H18N4O. The molecule has 0 aromatic carbocycles. The number of aryl methyl sites for hydroxylation is 1. The van der Waals surface area contributed by atoms with Gasteiger partial charge in [-0.25, -0.2) is 4.68 Å². The molecule has 88 valence electrons. The van der Waals surface area contributed by atoms with E-state index in [1.807, 2.05) is 6.92 Å². The van der Waals surface area contributed by atoms with Crippen LogP contribution in [-0.2, 0) is 6.54 Å². The van der Waals surface area contributed by atoms with Gasteiger partial charge in [-0.1, -0.05) is 12.1 Å². The first-order chi connectivity index (χ1) is 7.67. The van der Waals surface area contributed by atoms with Gasteiger partial charge in [0, 0.05) is 6.54 Å². The quantitative estimate of drug-likeness (QED) is 0.772. The van der Waals surface area contributed by atoms with Crippen LogP contribution in [0.5, 0.6) is 0 Å². The minimum absolute atomic E-state index is 0.114. The molecule has 16 heavy (non-hydrogen) atoms. The third kappa shape index (κ3) is 1.87. The van der Waals surface area contributed by atoms with E-state index in [0.717, 1.165) is 32.4 Å². The van der Waals surface area contributed by atoms with Crippen LogP contribution in [0.25, 0.3) is 0 Å². The summed E-state index contributed by atoms with van der Waals surface area (Å²) in [6.07, 6.45) is 4.47. The van der Waals surface area contributed by atoms with E-state index >= 15 is 0 Å². The molecule has 1 aliphatic heterocycles. The summed E-state index contributed by atoms with van der Waals surface area (Å²) in [5.41, 5.74) is 0.200. The number of hydrogen-bond donors (Lipinski definition) is 1. The molecule has 0 aliphatic carbocycles. The number of Topliss-reactive ketones (excluding diaryl/α,β-unsaturated/α-hetero) is 1. The van der Waals surface area contributed by atoms with E-state index in [9.17, 15) is 4.79 Å². The maximum absolute atomic E-state index is 12.4. The smallest absolute Gasteiger partial charge is 0.202 e. The van der Waals surface area contributed by atoms with Gasteiger partial charge in [-0.15, -0.1) is 5.10 Å². The Hall–Kier alpha value is -1.23. The zero-order chi connectivity index (χ0) is 11.6. The molecular weight excluding hydrogens is 204 g/mol. The molecule has 2 rings (SSSR count). The lowest BCUT2D eigenvalue weighted by Crippen LogP contribution is -2.45. The summed E-state index contributed by atoms with van der Waals surface area (Å²) in [6, 6.07) is 0. The topological polar surface area (TPSA) is 59.8 Å². The monoisotopic (exact) mass is 222 g/mol. The zero-order valence-electron chi connectivity index (χ0n) is 9.86. The SMILES string of the molecule is CCCn1nncc1C(=O)C1(C)CCCN1.